The van der Waals surface area contributed by atoms with Crippen molar-refractivity contribution in [3.05, 3.63) is 0 Å². The minimum Gasteiger partial charge on any atom is -0.196 e. The molecule has 1 saturated carbocycles. The zero-order valence-electron chi connectivity index (χ0n) is 9.34. The van der Waals surface area contributed by atoms with Crippen molar-refractivity contribution in [1.29, 1.82) is 0 Å². The maximum absolute atomic E-state index is 13.5. The van der Waals surface area contributed by atoms with E-state index in [0.717, 1.165) is 6.42 Å². The number of halogens is 5. The fourth-order valence-electron chi connectivity index (χ4n) is 2.73. The molecule has 0 heterocycles. The van der Waals surface area contributed by atoms with Gasteiger partial charge < -0.3 is 0 Å². The third-order valence-corrected chi connectivity index (χ3v) is 3.56. The molecule has 0 aromatic heterocycles. The minimum absolute atomic E-state index is 0.00660. The van der Waals surface area contributed by atoms with Crippen LogP contribution in [-0.4, -0.2) is 12.1 Å². The van der Waals surface area contributed by atoms with E-state index in [2.05, 4.69) is 0 Å². The van der Waals surface area contributed by atoms with Crippen LogP contribution < -0.4 is 0 Å². The molecule has 0 radical (unpaired) electrons. The van der Waals surface area contributed by atoms with Gasteiger partial charge in [0.25, 0.3) is 0 Å². The van der Waals surface area contributed by atoms with Gasteiger partial charge in [-0.1, -0.05) is 32.6 Å². The van der Waals surface area contributed by atoms with E-state index in [1.807, 2.05) is 0 Å². The summed E-state index contributed by atoms with van der Waals surface area (Å²) in [6.07, 6.45) is -3.39. The van der Waals surface area contributed by atoms with Gasteiger partial charge in [-0.2, -0.15) is 22.0 Å². The molecule has 0 aromatic carbocycles. The zero-order valence-corrected chi connectivity index (χ0v) is 9.34. The SMILES string of the molecule is CCCC1(C(F)(F)C(F)(F)F)CCCCC1. The fraction of sp³-hybridized carbons (Fsp3) is 1.00. The van der Waals surface area contributed by atoms with Crippen molar-refractivity contribution < 1.29 is 22.0 Å². The fourth-order valence-corrected chi connectivity index (χ4v) is 2.73. The van der Waals surface area contributed by atoms with Crippen LogP contribution in [0.25, 0.3) is 0 Å². The van der Waals surface area contributed by atoms with Crippen molar-refractivity contribution in [3.63, 3.8) is 0 Å². The first-order chi connectivity index (χ1) is 7.27. The van der Waals surface area contributed by atoms with Crippen LogP contribution in [0.5, 0.6) is 0 Å². The third-order valence-electron chi connectivity index (χ3n) is 3.56. The van der Waals surface area contributed by atoms with E-state index in [-0.39, 0.29) is 19.3 Å². The molecule has 0 amide bonds. The molecule has 5 heteroatoms. The van der Waals surface area contributed by atoms with Crippen LogP contribution in [0.15, 0.2) is 0 Å². The summed E-state index contributed by atoms with van der Waals surface area (Å²) in [7, 11) is 0. The summed E-state index contributed by atoms with van der Waals surface area (Å²) in [5.74, 6) is -4.55. The molecule has 0 saturated heterocycles. The van der Waals surface area contributed by atoms with Gasteiger partial charge >= 0.3 is 12.1 Å². The number of rotatable bonds is 3. The first-order valence-electron chi connectivity index (χ1n) is 5.71. The van der Waals surface area contributed by atoms with E-state index < -0.39 is 17.5 Å². The summed E-state index contributed by atoms with van der Waals surface area (Å²) in [6.45, 7) is 1.66. The van der Waals surface area contributed by atoms with Crippen molar-refractivity contribution in [2.45, 2.75) is 64.0 Å². The lowest BCUT2D eigenvalue weighted by atomic mass is 9.66. The number of hydrogen-bond acceptors (Lipinski definition) is 0. The second kappa shape index (κ2) is 4.49. The van der Waals surface area contributed by atoms with Crippen LogP contribution in [0.3, 0.4) is 0 Å². The van der Waals surface area contributed by atoms with E-state index in [4.69, 9.17) is 0 Å². The molecule has 1 aliphatic rings. The molecule has 96 valence electrons. The smallest absolute Gasteiger partial charge is 0.196 e. The Labute approximate surface area is 92.2 Å². The quantitative estimate of drug-likeness (QED) is 0.617. The zero-order chi connectivity index (χ0) is 12.4. The largest absolute Gasteiger partial charge is 0.453 e. The van der Waals surface area contributed by atoms with Crippen LogP contribution in [0, 0.1) is 5.41 Å². The Hall–Kier alpha value is -0.350. The molecular weight excluding hydrogens is 227 g/mol. The molecule has 0 unspecified atom stereocenters. The highest BCUT2D eigenvalue weighted by Gasteiger charge is 2.68. The van der Waals surface area contributed by atoms with Crippen LogP contribution in [0.2, 0.25) is 0 Å². The molecule has 1 rings (SSSR count). The average molecular weight is 244 g/mol. The standard InChI is InChI=1S/C11H17F5/c1-2-6-9(7-4-3-5-8-9)10(12,13)11(14,15)16/h2-8H2,1H3. The van der Waals surface area contributed by atoms with E-state index in [1.165, 1.54) is 0 Å². The second-order valence-corrected chi connectivity index (χ2v) is 4.66. The topological polar surface area (TPSA) is 0 Å². The Kier molecular flexibility index (Phi) is 3.85. The van der Waals surface area contributed by atoms with Crippen LogP contribution in [-0.2, 0) is 0 Å². The van der Waals surface area contributed by atoms with Gasteiger partial charge in [0.15, 0.2) is 0 Å². The Morgan fingerprint density at radius 1 is 0.938 bits per heavy atom. The van der Waals surface area contributed by atoms with Crippen LogP contribution in [0.1, 0.15) is 51.9 Å². The van der Waals surface area contributed by atoms with Crippen LogP contribution in [0.4, 0.5) is 22.0 Å². The van der Waals surface area contributed by atoms with Gasteiger partial charge in [0, 0.05) is 5.41 Å². The van der Waals surface area contributed by atoms with Crippen LogP contribution >= 0.6 is 0 Å². The summed E-state index contributed by atoms with van der Waals surface area (Å²) in [5, 5.41) is 0. The van der Waals surface area contributed by atoms with Gasteiger partial charge in [-0.25, -0.2) is 0 Å². The highest BCUT2D eigenvalue weighted by atomic mass is 19.4. The maximum atomic E-state index is 13.5. The first-order valence-corrected chi connectivity index (χ1v) is 5.71. The van der Waals surface area contributed by atoms with E-state index in [9.17, 15) is 22.0 Å². The molecule has 16 heavy (non-hydrogen) atoms. The first kappa shape index (κ1) is 13.7. The van der Waals surface area contributed by atoms with Gasteiger partial charge in [-0.15, -0.1) is 0 Å². The van der Waals surface area contributed by atoms with Crippen molar-refractivity contribution in [2.24, 2.45) is 5.41 Å². The maximum Gasteiger partial charge on any atom is 0.453 e. The molecule has 0 aromatic rings. The molecule has 0 N–H and O–H groups in total. The number of alkyl halides is 5. The van der Waals surface area contributed by atoms with Gasteiger partial charge in [-0.3, -0.25) is 0 Å². The van der Waals surface area contributed by atoms with Gasteiger partial charge in [0.1, 0.15) is 0 Å². The van der Waals surface area contributed by atoms with Crippen molar-refractivity contribution >= 4 is 0 Å². The molecule has 0 spiro atoms. The summed E-state index contributed by atoms with van der Waals surface area (Å²) in [4.78, 5) is 0. The Balaban J connectivity index is 3.00. The van der Waals surface area contributed by atoms with E-state index in [0.29, 0.717) is 19.3 Å². The molecule has 0 aliphatic heterocycles. The van der Waals surface area contributed by atoms with Gasteiger partial charge in [0.05, 0.1) is 0 Å². The number of hydrogen-bond donors (Lipinski definition) is 0. The molecule has 0 atom stereocenters. The molecule has 0 nitrogen and oxygen atoms in total. The highest BCUT2D eigenvalue weighted by Crippen LogP contribution is 2.57. The Bertz CT molecular complexity index is 220. The van der Waals surface area contributed by atoms with Crippen molar-refractivity contribution in [1.82, 2.24) is 0 Å². The molecular formula is C11H17F5. The molecule has 0 bridgehead atoms. The van der Waals surface area contributed by atoms with Gasteiger partial charge in [0.2, 0.25) is 0 Å². The monoisotopic (exact) mass is 244 g/mol. The predicted molar refractivity (Wildman–Crippen MR) is 51.4 cm³/mol. The normalized spacial score (nSPS) is 22.1. The second-order valence-electron chi connectivity index (χ2n) is 4.66. The Morgan fingerprint density at radius 2 is 1.44 bits per heavy atom. The third kappa shape index (κ3) is 2.18. The summed E-state index contributed by atoms with van der Waals surface area (Å²) in [6, 6.07) is 0. The van der Waals surface area contributed by atoms with E-state index in [1.54, 1.807) is 6.92 Å². The highest BCUT2D eigenvalue weighted by molar-refractivity contribution is 4.98. The predicted octanol–water partition coefficient (Wildman–Crippen LogP) is 4.93. The Morgan fingerprint density at radius 3 is 1.81 bits per heavy atom. The molecule has 1 aliphatic carbocycles. The van der Waals surface area contributed by atoms with Crippen molar-refractivity contribution in [3.8, 4) is 0 Å². The lowest BCUT2D eigenvalue weighted by Crippen LogP contribution is -2.52. The lowest BCUT2D eigenvalue weighted by Gasteiger charge is -2.43. The summed E-state index contributed by atoms with van der Waals surface area (Å²) >= 11 is 0. The minimum atomic E-state index is -5.42. The van der Waals surface area contributed by atoms with Gasteiger partial charge in [-0.05, 0) is 19.3 Å². The summed E-state index contributed by atoms with van der Waals surface area (Å²) in [5.41, 5.74) is -1.85. The molecule has 1 fully saturated rings. The average Bonchev–Trinajstić information content (AvgIpc) is 2.17. The summed E-state index contributed by atoms with van der Waals surface area (Å²) < 4.78 is 64.4. The lowest BCUT2D eigenvalue weighted by molar-refractivity contribution is -0.333. The van der Waals surface area contributed by atoms with Crippen molar-refractivity contribution in [2.75, 3.05) is 0 Å². The van der Waals surface area contributed by atoms with E-state index >= 15 is 0 Å².